The first-order valence-electron chi connectivity index (χ1n) is 6.56. The van der Waals surface area contributed by atoms with Gasteiger partial charge in [-0.05, 0) is 11.8 Å². The van der Waals surface area contributed by atoms with E-state index in [1.54, 1.807) is 13.2 Å². The van der Waals surface area contributed by atoms with Crippen molar-refractivity contribution in [2.45, 2.75) is 23.4 Å². The summed E-state index contributed by atoms with van der Waals surface area (Å²) < 4.78 is 1.92. The molecule has 2 aromatic rings. The first-order valence-corrected chi connectivity index (χ1v) is 9.59. The predicted molar refractivity (Wildman–Crippen MR) is 91.3 cm³/mol. The van der Waals surface area contributed by atoms with Crippen molar-refractivity contribution in [3.8, 4) is 0 Å². The minimum Gasteiger partial charge on any atom is -0.273 e. The summed E-state index contributed by atoms with van der Waals surface area (Å²) in [7, 11) is 0. The van der Waals surface area contributed by atoms with Gasteiger partial charge in [-0.1, -0.05) is 72.1 Å². The molecule has 1 amide bonds. The maximum atomic E-state index is 11.9. The van der Waals surface area contributed by atoms with E-state index in [2.05, 4.69) is 10.1 Å². The summed E-state index contributed by atoms with van der Waals surface area (Å²) in [6, 6.07) is 10.0. The summed E-state index contributed by atoms with van der Waals surface area (Å²) >= 11 is 3.83. The zero-order valence-electron chi connectivity index (χ0n) is 12.2. The Labute approximate surface area is 140 Å². The number of rotatable bonds is 4. The molecular weight excluding hydrogens is 338 g/mol. The van der Waals surface area contributed by atoms with Gasteiger partial charge in [-0.3, -0.25) is 9.59 Å². The molecule has 5 nitrogen and oxygen atoms in total. The van der Waals surface area contributed by atoms with Crippen molar-refractivity contribution in [2.75, 3.05) is 6.26 Å². The Morgan fingerprint density at radius 2 is 2.05 bits per heavy atom. The summed E-state index contributed by atoms with van der Waals surface area (Å²) in [5.41, 5.74) is 1.17. The zero-order chi connectivity index (χ0) is 15.9. The second-order valence-corrected chi connectivity index (χ2v) is 7.10. The number of carbonyl (C=O) groups is 2. The summed E-state index contributed by atoms with van der Waals surface area (Å²) in [6.45, 7) is 1.73. The molecule has 1 heterocycles. The normalized spacial score (nSPS) is 11.6. The monoisotopic (exact) mass is 353 g/mol. The summed E-state index contributed by atoms with van der Waals surface area (Å²) in [5.74, 6) is 0.495. The van der Waals surface area contributed by atoms with Crippen molar-refractivity contribution >= 4 is 46.0 Å². The van der Waals surface area contributed by atoms with Crippen molar-refractivity contribution in [3.63, 3.8) is 0 Å². The average molecular weight is 353 g/mol. The van der Waals surface area contributed by atoms with Crippen molar-refractivity contribution < 1.29 is 9.59 Å². The summed E-state index contributed by atoms with van der Waals surface area (Å²) in [4.78, 5) is 27.7. The van der Waals surface area contributed by atoms with Crippen LogP contribution in [0.5, 0.6) is 0 Å². The largest absolute Gasteiger partial charge is 0.308 e. The molecule has 0 aliphatic rings. The Bertz CT molecular complexity index is 722. The van der Waals surface area contributed by atoms with Crippen LogP contribution in [0.25, 0.3) is 0 Å². The van der Waals surface area contributed by atoms with Gasteiger partial charge in [0.05, 0.1) is 0 Å². The molecule has 1 aromatic carbocycles. The molecule has 0 saturated heterocycles. The fourth-order valence-corrected chi connectivity index (χ4v) is 3.76. The first kappa shape index (κ1) is 17.0. The van der Waals surface area contributed by atoms with E-state index in [0.29, 0.717) is 15.6 Å². The van der Waals surface area contributed by atoms with Crippen LogP contribution in [0.4, 0.5) is 4.79 Å². The van der Waals surface area contributed by atoms with Crippen molar-refractivity contribution in [1.29, 1.82) is 0 Å². The van der Waals surface area contributed by atoms with Crippen molar-refractivity contribution in [1.82, 2.24) is 9.78 Å². The van der Waals surface area contributed by atoms with E-state index in [4.69, 9.17) is 0 Å². The minimum absolute atomic E-state index is 0.245. The van der Waals surface area contributed by atoms with Crippen LogP contribution in [0, 0.1) is 0 Å². The average Bonchev–Trinajstić information content (AvgIpc) is 2.95. The van der Waals surface area contributed by atoms with Gasteiger partial charge in [-0.25, -0.2) is 0 Å². The molecule has 8 heteroatoms. The summed E-state index contributed by atoms with van der Waals surface area (Å²) in [6.07, 6.45) is 1.98. The molecule has 2 rings (SSSR count). The fourth-order valence-electron chi connectivity index (χ4n) is 1.51. The molecule has 0 aliphatic carbocycles. The molecule has 0 atom stereocenters. The molecule has 0 bridgehead atoms. The van der Waals surface area contributed by atoms with E-state index >= 15 is 0 Å². The number of hydrogen-bond acceptors (Lipinski definition) is 6. The molecule has 0 N–H and O–H groups in total. The molecule has 0 spiro atoms. The SMILES string of the molecule is CCC(=O)N=c1sc(SCc2ccccc2)nn1C(=O)SC. The standard InChI is InChI=1S/C14H15N3O2S3/c1-3-11(18)15-12-17(14(19)20-2)16-13(22-12)21-9-10-7-5-4-6-8-10/h4-8H,3,9H2,1-2H3. The number of hydrogen-bond donors (Lipinski definition) is 0. The number of aromatic nitrogens is 2. The highest BCUT2D eigenvalue weighted by molar-refractivity contribution is 8.13. The van der Waals surface area contributed by atoms with E-state index in [0.717, 1.165) is 17.5 Å². The molecule has 116 valence electrons. The molecule has 22 heavy (non-hydrogen) atoms. The lowest BCUT2D eigenvalue weighted by molar-refractivity contribution is -0.117. The lowest BCUT2D eigenvalue weighted by Crippen LogP contribution is -2.22. The Morgan fingerprint density at radius 1 is 1.32 bits per heavy atom. The third-order valence-electron chi connectivity index (χ3n) is 2.62. The second kappa shape index (κ2) is 8.30. The van der Waals surface area contributed by atoms with Crippen LogP contribution in [-0.2, 0) is 10.5 Å². The summed E-state index contributed by atoms with van der Waals surface area (Å²) in [5, 5.41) is 4.02. The second-order valence-electron chi connectivity index (χ2n) is 4.17. The van der Waals surface area contributed by atoms with Crippen LogP contribution in [-0.4, -0.2) is 27.2 Å². The van der Waals surface area contributed by atoms with E-state index in [9.17, 15) is 9.59 Å². The van der Waals surface area contributed by atoms with Gasteiger partial charge >= 0.3 is 5.24 Å². The quantitative estimate of drug-likeness (QED) is 0.788. The molecular formula is C14H15N3O2S3. The van der Waals surface area contributed by atoms with Crippen LogP contribution in [0.15, 0.2) is 39.7 Å². The maximum Gasteiger partial charge on any atom is 0.308 e. The lowest BCUT2D eigenvalue weighted by atomic mass is 10.2. The molecule has 1 aromatic heterocycles. The highest BCUT2D eigenvalue weighted by atomic mass is 32.2. The molecule has 0 fully saturated rings. The Kier molecular flexibility index (Phi) is 6.41. The predicted octanol–water partition coefficient (Wildman–Crippen LogP) is 3.41. The highest BCUT2D eigenvalue weighted by Crippen LogP contribution is 2.23. The van der Waals surface area contributed by atoms with Crippen LogP contribution >= 0.6 is 34.9 Å². The van der Waals surface area contributed by atoms with E-state index in [1.807, 2.05) is 30.3 Å². The maximum absolute atomic E-state index is 11.9. The first-order chi connectivity index (χ1) is 10.6. The number of benzene rings is 1. The number of thioether (sulfide) groups is 2. The Balaban J connectivity index is 2.24. The van der Waals surface area contributed by atoms with Crippen LogP contribution in [0.3, 0.4) is 0 Å². The van der Waals surface area contributed by atoms with Crippen molar-refractivity contribution in [3.05, 3.63) is 40.7 Å². The van der Waals surface area contributed by atoms with Gasteiger partial charge in [0.25, 0.3) is 0 Å². The van der Waals surface area contributed by atoms with E-state index in [-0.39, 0.29) is 11.1 Å². The fraction of sp³-hybridized carbons (Fsp3) is 0.286. The van der Waals surface area contributed by atoms with Gasteiger partial charge in [0.1, 0.15) is 0 Å². The van der Waals surface area contributed by atoms with Crippen molar-refractivity contribution in [2.24, 2.45) is 4.99 Å². The molecule has 0 unspecified atom stereocenters. The zero-order valence-corrected chi connectivity index (χ0v) is 14.6. The van der Waals surface area contributed by atoms with Gasteiger partial charge in [-0.2, -0.15) is 9.67 Å². The van der Waals surface area contributed by atoms with Gasteiger partial charge in [0, 0.05) is 12.2 Å². The van der Waals surface area contributed by atoms with Gasteiger partial charge in [-0.15, -0.1) is 5.10 Å². The van der Waals surface area contributed by atoms with Gasteiger partial charge in [0.2, 0.25) is 10.7 Å². The number of carbonyl (C=O) groups excluding carboxylic acids is 2. The molecule has 0 radical (unpaired) electrons. The topological polar surface area (TPSA) is 64.3 Å². The lowest BCUT2D eigenvalue weighted by Gasteiger charge is -1.97. The van der Waals surface area contributed by atoms with E-state index in [1.165, 1.54) is 33.3 Å². The van der Waals surface area contributed by atoms with Crippen LogP contribution < -0.4 is 4.80 Å². The van der Waals surface area contributed by atoms with Gasteiger partial charge < -0.3 is 0 Å². The smallest absolute Gasteiger partial charge is 0.273 e. The molecule has 0 aliphatic heterocycles. The van der Waals surface area contributed by atoms with Gasteiger partial charge in [0.15, 0.2) is 4.34 Å². The minimum atomic E-state index is -0.258. The Morgan fingerprint density at radius 3 is 2.68 bits per heavy atom. The van der Waals surface area contributed by atoms with Crippen LogP contribution in [0.2, 0.25) is 0 Å². The molecule has 0 saturated carbocycles. The third-order valence-corrected chi connectivity index (χ3v) is 5.25. The number of amides is 1. The number of nitrogens with zero attached hydrogens (tertiary/aromatic N) is 3. The van der Waals surface area contributed by atoms with Crippen LogP contribution in [0.1, 0.15) is 18.9 Å². The van der Waals surface area contributed by atoms with E-state index < -0.39 is 0 Å². The highest BCUT2D eigenvalue weighted by Gasteiger charge is 2.12. The third kappa shape index (κ3) is 4.56. The Hall–Kier alpha value is -1.38.